The van der Waals surface area contributed by atoms with Crippen molar-refractivity contribution in [3.05, 3.63) is 33.8 Å². The average molecular weight is 341 g/mol. The maximum atomic E-state index is 9.92. The molecule has 0 aliphatic rings. The lowest BCUT2D eigenvalue weighted by molar-refractivity contribution is 0.122. The zero-order valence-corrected chi connectivity index (χ0v) is 11.0. The molecule has 4 heteroatoms. The molecule has 1 nitrogen and oxygen atoms in total. The maximum absolute atomic E-state index is 9.92. The largest absolute Gasteiger partial charge is 0.374 e. The van der Waals surface area contributed by atoms with Gasteiger partial charge in [-0.25, -0.2) is 0 Å². The number of hydrogen-bond acceptors (Lipinski definition) is 1. The van der Waals surface area contributed by atoms with Crippen LogP contribution in [0.25, 0.3) is 0 Å². The molecule has 0 spiro atoms. The van der Waals surface area contributed by atoms with Gasteiger partial charge in [0.05, 0.1) is 10.0 Å². The second-order valence-corrected chi connectivity index (χ2v) is 4.27. The number of aliphatic hydroxyl groups is 1. The first-order chi connectivity index (χ1) is 6.47. The second kappa shape index (κ2) is 4.71. The van der Waals surface area contributed by atoms with Crippen LogP contribution in [0.3, 0.4) is 0 Å². The minimum Gasteiger partial charge on any atom is -0.374 e. The summed E-state index contributed by atoms with van der Waals surface area (Å²) >= 11 is 13.5. The molecule has 1 atom stereocenters. The molecule has 1 rings (SSSR count). The normalized spacial score (nSPS) is 14.1. The van der Waals surface area contributed by atoms with Crippen LogP contribution in [0.2, 0.25) is 10.0 Å². The molecule has 1 N–H and O–H groups in total. The van der Waals surface area contributed by atoms with Crippen LogP contribution in [0.15, 0.2) is 18.2 Å². The molecule has 0 amide bonds. The van der Waals surface area contributed by atoms with Crippen LogP contribution in [0, 0.1) is 9.85 Å². The molecule has 74 valence electrons. The average Bonchev–Trinajstić information content (AvgIpc) is 2.09. The fourth-order valence-corrected chi connectivity index (χ4v) is 1.79. The minimum atomic E-state index is -1.19. The van der Waals surface area contributed by atoms with Crippen molar-refractivity contribution in [2.45, 2.75) is 12.5 Å². The molecule has 1 aromatic carbocycles. The Bertz CT molecular complexity index is 404. The monoisotopic (exact) mass is 340 g/mol. The van der Waals surface area contributed by atoms with E-state index in [1.807, 2.05) is 22.6 Å². The number of halogens is 3. The summed E-state index contributed by atoms with van der Waals surface area (Å²) in [7, 11) is 0. The molecule has 0 saturated carbocycles. The summed E-state index contributed by atoms with van der Waals surface area (Å²) in [6.45, 7) is 1.61. The molecule has 1 unspecified atom stereocenters. The molecule has 0 aromatic heterocycles. The minimum absolute atomic E-state index is 0.416. The Balaban J connectivity index is 3.18. The third kappa shape index (κ3) is 2.77. The lowest BCUT2D eigenvalue weighted by Gasteiger charge is -2.17. The molecule has 0 heterocycles. The van der Waals surface area contributed by atoms with Crippen molar-refractivity contribution < 1.29 is 5.11 Å². The van der Waals surface area contributed by atoms with Gasteiger partial charge in [-0.2, -0.15) is 0 Å². The van der Waals surface area contributed by atoms with E-state index >= 15 is 0 Å². The molecule has 0 aliphatic heterocycles. The van der Waals surface area contributed by atoms with Gasteiger partial charge in [0.15, 0.2) is 0 Å². The van der Waals surface area contributed by atoms with E-state index in [1.165, 1.54) is 0 Å². The van der Waals surface area contributed by atoms with E-state index in [4.69, 9.17) is 23.2 Å². The summed E-state index contributed by atoms with van der Waals surface area (Å²) in [4.78, 5) is 0. The Labute approximate surface area is 107 Å². The molecule has 0 bridgehead atoms. The fourth-order valence-electron chi connectivity index (χ4n) is 0.963. The van der Waals surface area contributed by atoms with E-state index in [9.17, 15) is 5.11 Å². The highest BCUT2D eigenvalue weighted by atomic mass is 127. The molecular formula is C10H7Cl2IO. The van der Waals surface area contributed by atoms with Crippen LogP contribution in [-0.2, 0) is 5.60 Å². The predicted molar refractivity (Wildman–Crippen MR) is 67.8 cm³/mol. The van der Waals surface area contributed by atoms with Gasteiger partial charge in [0, 0.05) is 22.6 Å². The smallest absolute Gasteiger partial charge is 0.149 e. The Hall–Kier alpha value is 0.0500. The van der Waals surface area contributed by atoms with Crippen molar-refractivity contribution >= 4 is 45.8 Å². The van der Waals surface area contributed by atoms with E-state index in [2.05, 4.69) is 9.85 Å². The van der Waals surface area contributed by atoms with Gasteiger partial charge < -0.3 is 5.11 Å². The van der Waals surface area contributed by atoms with E-state index in [0.29, 0.717) is 15.6 Å². The van der Waals surface area contributed by atoms with Gasteiger partial charge in [0.2, 0.25) is 0 Å². The van der Waals surface area contributed by atoms with Crippen LogP contribution in [-0.4, -0.2) is 5.11 Å². The van der Waals surface area contributed by atoms with Crippen molar-refractivity contribution in [2.24, 2.45) is 0 Å². The van der Waals surface area contributed by atoms with Gasteiger partial charge >= 0.3 is 0 Å². The molecular weight excluding hydrogens is 334 g/mol. The summed E-state index contributed by atoms with van der Waals surface area (Å²) < 4.78 is 2.63. The van der Waals surface area contributed by atoms with Crippen LogP contribution in [0.4, 0.5) is 0 Å². The van der Waals surface area contributed by atoms with Gasteiger partial charge in [-0.1, -0.05) is 35.2 Å². The summed E-state index contributed by atoms with van der Waals surface area (Å²) in [5, 5.41) is 10.8. The maximum Gasteiger partial charge on any atom is 0.149 e. The number of benzene rings is 1. The van der Waals surface area contributed by atoms with Gasteiger partial charge in [0.1, 0.15) is 5.60 Å². The van der Waals surface area contributed by atoms with E-state index in [1.54, 1.807) is 25.1 Å². The predicted octanol–water partition coefficient (Wildman–Crippen LogP) is 3.60. The van der Waals surface area contributed by atoms with Crippen molar-refractivity contribution in [1.29, 1.82) is 0 Å². The highest BCUT2D eigenvalue weighted by molar-refractivity contribution is 14.1. The van der Waals surface area contributed by atoms with Crippen LogP contribution >= 0.6 is 45.8 Å². The van der Waals surface area contributed by atoms with Crippen molar-refractivity contribution in [3.63, 3.8) is 0 Å². The first kappa shape index (κ1) is 12.1. The molecule has 0 fully saturated rings. The quantitative estimate of drug-likeness (QED) is 0.611. The molecule has 0 radical (unpaired) electrons. The van der Waals surface area contributed by atoms with E-state index < -0.39 is 5.60 Å². The van der Waals surface area contributed by atoms with Gasteiger partial charge in [-0.15, -0.1) is 0 Å². The highest BCUT2D eigenvalue weighted by Crippen LogP contribution is 2.28. The topological polar surface area (TPSA) is 20.2 Å². The summed E-state index contributed by atoms with van der Waals surface area (Å²) in [6.07, 6.45) is 0. The third-order valence-corrected chi connectivity index (χ3v) is 2.78. The first-order valence-electron chi connectivity index (χ1n) is 3.78. The Kier molecular flexibility index (Phi) is 4.08. The zero-order chi connectivity index (χ0) is 10.8. The summed E-state index contributed by atoms with van der Waals surface area (Å²) in [5.41, 5.74) is -0.550. The van der Waals surface area contributed by atoms with Gasteiger partial charge in [-0.05, 0) is 28.5 Å². The molecule has 1 aromatic rings. The highest BCUT2D eigenvalue weighted by Gasteiger charge is 2.20. The summed E-state index contributed by atoms with van der Waals surface area (Å²) in [6, 6.07) is 4.96. The zero-order valence-electron chi connectivity index (χ0n) is 7.31. The summed E-state index contributed by atoms with van der Waals surface area (Å²) in [5.74, 6) is 2.68. The van der Waals surface area contributed by atoms with E-state index in [0.717, 1.165) is 0 Å². The lowest BCUT2D eigenvalue weighted by atomic mass is 9.97. The standard InChI is InChI=1S/C10H7Cl2IO/c1-10(14,4-5-13)7-2-3-8(11)9(12)6-7/h2-3,6,14H,1H3. The Morgan fingerprint density at radius 2 is 2.00 bits per heavy atom. The van der Waals surface area contributed by atoms with E-state index in [-0.39, 0.29) is 0 Å². The molecule has 0 aliphatic carbocycles. The van der Waals surface area contributed by atoms with Crippen LogP contribution in [0.5, 0.6) is 0 Å². The van der Waals surface area contributed by atoms with Crippen LogP contribution in [0.1, 0.15) is 12.5 Å². The Morgan fingerprint density at radius 1 is 1.36 bits per heavy atom. The molecule has 14 heavy (non-hydrogen) atoms. The second-order valence-electron chi connectivity index (χ2n) is 2.92. The third-order valence-electron chi connectivity index (χ3n) is 1.77. The number of rotatable bonds is 1. The van der Waals surface area contributed by atoms with Crippen molar-refractivity contribution in [1.82, 2.24) is 0 Å². The van der Waals surface area contributed by atoms with Crippen LogP contribution < -0.4 is 0 Å². The molecule has 0 saturated heterocycles. The van der Waals surface area contributed by atoms with Gasteiger partial charge in [0.25, 0.3) is 0 Å². The number of hydrogen-bond donors (Lipinski definition) is 1. The Morgan fingerprint density at radius 3 is 2.50 bits per heavy atom. The van der Waals surface area contributed by atoms with Crippen molar-refractivity contribution in [2.75, 3.05) is 0 Å². The first-order valence-corrected chi connectivity index (χ1v) is 5.61. The SMILES string of the molecule is CC(O)(C#CI)c1ccc(Cl)c(Cl)c1. The lowest BCUT2D eigenvalue weighted by Crippen LogP contribution is -2.18. The van der Waals surface area contributed by atoms with Crippen molar-refractivity contribution in [3.8, 4) is 9.85 Å². The van der Waals surface area contributed by atoms with Gasteiger partial charge in [-0.3, -0.25) is 0 Å². The fraction of sp³-hybridized carbons (Fsp3) is 0.200.